The van der Waals surface area contributed by atoms with E-state index in [0.717, 1.165) is 11.5 Å². The summed E-state index contributed by atoms with van der Waals surface area (Å²) < 4.78 is 7.09. The number of hydrogen-bond donors (Lipinski definition) is 0. The van der Waals surface area contributed by atoms with Crippen LogP contribution >= 0.6 is 0 Å². The van der Waals surface area contributed by atoms with E-state index in [9.17, 15) is 0 Å². The number of oxazole rings is 1. The second-order valence-electron chi connectivity index (χ2n) is 3.92. The summed E-state index contributed by atoms with van der Waals surface area (Å²) in [5.41, 5.74) is 1.19. The van der Waals surface area contributed by atoms with E-state index < -0.39 is 0 Å². The van der Waals surface area contributed by atoms with Crippen LogP contribution in [0.3, 0.4) is 0 Å². The Hall–Kier alpha value is -2.60. The predicted octanol–water partition coefficient (Wildman–Crippen LogP) is 1.59. The molecule has 0 spiro atoms. The molecular formula is C12H11N5O. The highest BCUT2D eigenvalue weighted by atomic mass is 16.4. The molecule has 2 rings (SSSR count). The van der Waals surface area contributed by atoms with Gasteiger partial charge in [0.25, 0.3) is 0 Å². The summed E-state index contributed by atoms with van der Waals surface area (Å²) >= 11 is 0. The molecule has 0 aromatic carbocycles. The summed E-state index contributed by atoms with van der Waals surface area (Å²) in [5.74, 6) is 1.85. The average molecular weight is 241 g/mol. The van der Waals surface area contributed by atoms with Crippen molar-refractivity contribution in [3.8, 4) is 12.1 Å². The van der Waals surface area contributed by atoms with Gasteiger partial charge in [-0.05, 0) is 20.8 Å². The van der Waals surface area contributed by atoms with E-state index in [1.54, 1.807) is 11.5 Å². The van der Waals surface area contributed by atoms with Gasteiger partial charge in [-0.3, -0.25) is 0 Å². The molecule has 0 aliphatic heterocycles. The van der Waals surface area contributed by atoms with Gasteiger partial charge < -0.3 is 8.98 Å². The van der Waals surface area contributed by atoms with Gasteiger partial charge in [-0.2, -0.15) is 10.5 Å². The molecule has 0 N–H and O–H groups in total. The lowest BCUT2D eigenvalue weighted by molar-refractivity contribution is 0.454. The molecule has 2 aromatic heterocycles. The van der Waals surface area contributed by atoms with Crippen molar-refractivity contribution in [2.24, 2.45) is 0 Å². The molecule has 90 valence electrons. The average Bonchev–Trinajstić information content (AvgIpc) is 2.81. The number of nitriles is 2. The van der Waals surface area contributed by atoms with Gasteiger partial charge in [0.15, 0.2) is 11.4 Å². The van der Waals surface area contributed by atoms with E-state index in [1.807, 2.05) is 26.0 Å². The first-order valence-electron chi connectivity index (χ1n) is 5.37. The number of rotatable bonds is 2. The van der Waals surface area contributed by atoms with Crippen LogP contribution in [0, 0.1) is 43.4 Å². The SMILES string of the molecule is Cc1nc(Cn2c(C)nc(C#N)c2C#N)oc1C. The Morgan fingerprint density at radius 2 is 1.89 bits per heavy atom. The summed E-state index contributed by atoms with van der Waals surface area (Å²) in [4.78, 5) is 8.28. The number of aryl methyl sites for hydroxylation is 3. The quantitative estimate of drug-likeness (QED) is 0.796. The molecule has 0 bridgehead atoms. The van der Waals surface area contributed by atoms with Crippen LogP contribution in [0.25, 0.3) is 0 Å². The Balaban J connectivity index is 2.44. The first-order chi connectivity index (χ1) is 8.56. The van der Waals surface area contributed by atoms with Crippen LogP contribution in [0.2, 0.25) is 0 Å². The molecule has 0 amide bonds. The van der Waals surface area contributed by atoms with E-state index >= 15 is 0 Å². The molecule has 0 aliphatic carbocycles. The lowest BCUT2D eigenvalue weighted by atomic mass is 10.3. The Labute approximate surface area is 104 Å². The normalized spacial score (nSPS) is 10.1. The van der Waals surface area contributed by atoms with Gasteiger partial charge in [0.2, 0.25) is 5.89 Å². The Bertz CT molecular complexity index is 661. The smallest absolute Gasteiger partial charge is 0.214 e. The zero-order valence-electron chi connectivity index (χ0n) is 10.4. The minimum Gasteiger partial charge on any atom is -0.444 e. The van der Waals surface area contributed by atoms with Gasteiger partial charge in [0, 0.05) is 0 Å². The van der Waals surface area contributed by atoms with Gasteiger partial charge in [-0.15, -0.1) is 0 Å². The number of nitrogens with zero attached hydrogens (tertiary/aromatic N) is 5. The molecule has 0 aliphatic rings. The zero-order valence-corrected chi connectivity index (χ0v) is 10.4. The topological polar surface area (TPSA) is 91.4 Å². The van der Waals surface area contributed by atoms with Crippen molar-refractivity contribution in [1.82, 2.24) is 14.5 Å². The third kappa shape index (κ3) is 1.85. The summed E-state index contributed by atoms with van der Waals surface area (Å²) in [6.45, 7) is 5.73. The largest absolute Gasteiger partial charge is 0.444 e. The molecule has 0 atom stereocenters. The van der Waals surface area contributed by atoms with Crippen LogP contribution < -0.4 is 0 Å². The Morgan fingerprint density at radius 1 is 1.17 bits per heavy atom. The fourth-order valence-corrected chi connectivity index (χ4v) is 1.69. The van der Waals surface area contributed by atoms with Crippen LogP contribution in [0.5, 0.6) is 0 Å². The van der Waals surface area contributed by atoms with Crippen LogP contribution in [-0.4, -0.2) is 14.5 Å². The standard InChI is InChI=1S/C12H11N5O/c1-7-8(2)18-12(15-7)6-17-9(3)16-10(4-13)11(17)5-14/h6H2,1-3H3. The zero-order chi connectivity index (χ0) is 13.3. The second kappa shape index (κ2) is 4.34. The molecule has 2 aromatic rings. The molecule has 0 saturated carbocycles. The van der Waals surface area contributed by atoms with E-state index in [2.05, 4.69) is 9.97 Å². The maximum atomic E-state index is 9.07. The maximum Gasteiger partial charge on any atom is 0.214 e. The van der Waals surface area contributed by atoms with Crippen LogP contribution in [0.4, 0.5) is 0 Å². The van der Waals surface area contributed by atoms with Crippen molar-refractivity contribution in [3.05, 3.63) is 34.6 Å². The number of imidazole rings is 1. The summed E-state index contributed by atoms with van der Waals surface area (Å²) in [6.07, 6.45) is 0. The fourth-order valence-electron chi connectivity index (χ4n) is 1.69. The van der Waals surface area contributed by atoms with Crippen molar-refractivity contribution >= 4 is 0 Å². The molecule has 2 heterocycles. The molecule has 0 radical (unpaired) electrons. The van der Waals surface area contributed by atoms with Crippen molar-refractivity contribution in [3.63, 3.8) is 0 Å². The minimum absolute atomic E-state index is 0.134. The molecule has 18 heavy (non-hydrogen) atoms. The van der Waals surface area contributed by atoms with Crippen molar-refractivity contribution < 1.29 is 4.42 Å². The van der Waals surface area contributed by atoms with Gasteiger partial charge in [0.05, 0.1) is 5.69 Å². The van der Waals surface area contributed by atoms with E-state index in [4.69, 9.17) is 14.9 Å². The molecule has 6 heteroatoms. The highest BCUT2D eigenvalue weighted by molar-refractivity contribution is 5.38. The molecule has 0 unspecified atom stereocenters. The molecule has 0 saturated heterocycles. The van der Waals surface area contributed by atoms with Crippen molar-refractivity contribution in [2.45, 2.75) is 27.3 Å². The molecular weight excluding hydrogens is 230 g/mol. The van der Waals surface area contributed by atoms with Crippen molar-refractivity contribution in [2.75, 3.05) is 0 Å². The second-order valence-corrected chi connectivity index (χ2v) is 3.92. The number of aromatic nitrogens is 3. The summed E-state index contributed by atoms with van der Waals surface area (Å²) in [6, 6.07) is 3.89. The molecule has 0 fully saturated rings. The predicted molar refractivity (Wildman–Crippen MR) is 61.5 cm³/mol. The Kier molecular flexibility index (Phi) is 2.86. The lowest BCUT2D eigenvalue weighted by Crippen LogP contribution is -2.05. The van der Waals surface area contributed by atoms with Gasteiger partial charge in [-0.1, -0.05) is 0 Å². The van der Waals surface area contributed by atoms with Gasteiger partial charge in [-0.25, -0.2) is 9.97 Å². The Morgan fingerprint density at radius 3 is 2.39 bits per heavy atom. The third-order valence-corrected chi connectivity index (χ3v) is 2.74. The van der Waals surface area contributed by atoms with E-state index in [-0.39, 0.29) is 11.4 Å². The summed E-state index contributed by atoms with van der Waals surface area (Å²) in [7, 11) is 0. The monoisotopic (exact) mass is 241 g/mol. The third-order valence-electron chi connectivity index (χ3n) is 2.74. The fraction of sp³-hybridized carbons (Fsp3) is 0.333. The van der Waals surface area contributed by atoms with E-state index in [1.165, 1.54) is 0 Å². The van der Waals surface area contributed by atoms with Crippen LogP contribution in [-0.2, 0) is 6.54 Å². The first-order valence-corrected chi connectivity index (χ1v) is 5.37. The first kappa shape index (κ1) is 11.9. The van der Waals surface area contributed by atoms with Crippen molar-refractivity contribution in [1.29, 1.82) is 10.5 Å². The lowest BCUT2D eigenvalue weighted by Gasteiger charge is -2.02. The highest BCUT2D eigenvalue weighted by Gasteiger charge is 2.16. The van der Waals surface area contributed by atoms with E-state index in [0.29, 0.717) is 18.3 Å². The number of hydrogen-bond acceptors (Lipinski definition) is 5. The van der Waals surface area contributed by atoms with Crippen LogP contribution in [0.15, 0.2) is 4.42 Å². The minimum atomic E-state index is 0.134. The maximum absolute atomic E-state index is 9.07. The molecule has 6 nitrogen and oxygen atoms in total. The summed E-state index contributed by atoms with van der Waals surface area (Å²) in [5, 5.41) is 18.0. The highest BCUT2D eigenvalue weighted by Crippen LogP contribution is 2.15. The van der Waals surface area contributed by atoms with Gasteiger partial charge in [0.1, 0.15) is 30.3 Å². The van der Waals surface area contributed by atoms with Crippen LogP contribution in [0.1, 0.15) is 34.6 Å². The van der Waals surface area contributed by atoms with Gasteiger partial charge >= 0.3 is 0 Å².